The number of hydrogen-bond acceptors (Lipinski definition) is 3. The van der Waals surface area contributed by atoms with Crippen LogP contribution >= 0.6 is 0 Å². The quantitative estimate of drug-likeness (QED) is 0.788. The Balaban J connectivity index is 2.54. The Morgan fingerprint density at radius 2 is 1.94 bits per heavy atom. The first-order valence-corrected chi connectivity index (χ1v) is 7.53. The largest absolute Gasteiger partial charge is 0.329 e. The van der Waals surface area contributed by atoms with Crippen molar-refractivity contribution in [3.8, 4) is 0 Å². The van der Waals surface area contributed by atoms with E-state index in [-0.39, 0.29) is 5.54 Å². The first-order chi connectivity index (χ1) is 8.43. The molecule has 2 N–H and O–H groups in total. The molecule has 108 valence electrons. The van der Waals surface area contributed by atoms with Crippen molar-refractivity contribution < 1.29 is 0 Å². The van der Waals surface area contributed by atoms with Gasteiger partial charge in [0, 0.05) is 18.6 Å². The molecule has 1 heterocycles. The molecule has 3 heteroatoms. The van der Waals surface area contributed by atoms with Crippen molar-refractivity contribution in [2.24, 2.45) is 17.6 Å². The molecule has 0 aromatic heterocycles. The third-order valence-corrected chi connectivity index (χ3v) is 5.33. The molecular formula is C15H33N3. The summed E-state index contributed by atoms with van der Waals surface area (Å²) in [4.78, 5) is 4.96. The van der Waals surface area contributed by atoms with Gasteiger partial charge in [0.15, 0.2) is 0 Å². The van der Waals surface area contributed by atoms with Gasteiger partial charge in [-0.05, 0) is 58.8 Å². The number of piperidine rings is 1. The van der Waals surface area contributed by atoms with Crippen LogP contribution in [0.3, 0.4) is 0 Å². The minimum absolute atomic E-state index is 0.151. The molecule has 0 bridgehead atoms. The molecule has 0 aromatic rings. The van der Waals surface area contributed by atoms with Gasteiger partial charge in [-0.25, -0.2) is 0 Å². The van der Waals surface area contributed by atoms with Crippen LogP contribution in [0, 0.1) is 11.8 Å². The van der Waals surface area contributed by atoms with Crippen molar-refractivity contribution in [1.29, 1.82) is 0 Å². The topological polar surface area (TPSA) is 32.5 Å². The van der Waals surface area contributed by atoms with E-state index >= 15 is 0 Å². The molecule has 3 nitrogen and oxygen atoms in total. The second-order valence-corrected chi connectivity index (χ2v) is 6.50. The highest BCUT2D eigenvalue weighted by molar-refractivity contribution is 4.91. The number of hydrogen-bond donors (Lipinski definition) is 1. The minimum Gasteiger partial charge on any atom is -0.329 e. The summed E-state index contributed by atoms with van der Waals surface area (Å²) in [7, 11) is 4.49. The Morgan fingerprint density at radius 1 is 1.39 bits per heavy atom. The van der Waals surface area contributed by atoms with Crippen molar-refractivity contribution >= 4 is 0 Å². The van der Waals surface area contributed by atoms with Crippen LogP contribution in [0.15, 0.2) is 0 Å². The summed E-state index contributed by atoms with van der Waals surface area (Å²) in [5, 5.41) is 0. The van der Waals surface area contributed by atoms with E-state index in [0.29, 0.717) is 5.92 Å². The lowest BCUT2D eigenvalue weighted by molar-refractivity contribution is 0.0564. The molecule has 1 rings (SSSR count). The third kappa shape index (κ3) is 3.69. The van der Waals surface area contributed by atoms with Crippen molar-refractivity contribution in [3.63, 3.8) is 0 Å². The van der Waals surface area contributed by atoms with E-state index in [9.17, 15) is 0 Å². The van der Waals surface area contributed by atoms with Gasteiger partial charge in [0.05, 0.1) is 0 Å². The fourth-order valence-corrected chi connectivity index (χ4v) is 3.01. The van der Waals surface area contributed by atoms with Gasteiger partial charge in [0.1, 0.15) is 0 Å². The number of nitrogens with two attached hydrogens (primary N) is 1. The molecule has 0 aromatic carbocycles. The fourth-order valence-electron chi connectivity index (χ4n) is 3.01. The Bertz CT molecular complexity index is 236. The summed E-state index contributed by atoms with van der Waals surface area (Å²) in [5.41, 5.74) is 6.21. The molecule has 0 saturated carbocycles. The van der Waals surface area contributed by atoms with E-state index in [1.807, 2.05) is 0 Å². The van der Waals surface area contributed by atoms with Crippen molar-refractivity contribution in [2.75, 3.05) is 40.3 Å². The van der Waals surface area contributed by atoms with Gasteiger partial charge in [0.25, 0.3) is 0 Å². The molecule has 18 heavy (non-hydrogen) atoms. The highest BCUT2D eigenvalue weighted by Gasteiger charge is 2.34. The van der Waals surface area contributed by atoms with Crippen LogP contribution in [0.1, 0.15) is 40.0 Å². The van der Waals surface area contributed by atoms with Gasteiger partial charge in [-0.3, -0.25) is 4.90 Å². The molecule has 0 amide bonds. The van der Waals surface area contributed by atoms with Crippen molar-refractivity contribution in [3.05, 3.63) is 0 Å². The van der Waals surface area contributed by atoms with E-state index < -0.39 is 0 Å². The second kappa shape index (κ2) is 6.88. The summed E-state index contributed by atoms with van der Waals surface area (Å²) in [6.45, 7) is 11.4. The van der Waals surface area contributed by atoms with Crippen LogP contribution in [-0.4, -0.2) is 55.6 Å². The van der Waals surface area contributed by atoms with E-state index in [1.54, 1.807) is 0 Å². The van der Waals surface area contributed by atoms with Crippen LogP contribution < -0.4 is 5.73 Å². The molecule has 1 fully saturated rings. The fraction of sp³-hybridized carbons (Fsp3) is 1.00. The van der Waals surface area contributed by atoms with E-state index in [4.69, 9.17) is 5.73 Å². The number of rotatable bonds is 6. The molecule has 1 saturated heterocycles. The molecular weight excluding hydrogens is 222 g/mol. The Hall–Kier alpha value is -0.120. The van der Waals surface area contributed by atoms with Crippen LogP contribution in [-0.2, 0) is 0 Å². The van der Waals surface area contributed by atoms with E-state index in [2.05, 4.69) is 44.7 Å². The first-order valence-electron chi connectivity index (χ1n) is 7.53. The SMILES string of the molecule is CCC(C)C(C)(CN)N(C)CC1CCN(C)CC1. The van der Waals surface area contributed by atoms with E-state index in [0.717, 1.165) is 12.5 Å². The molecule has 0 aliphatic carbocycles. The Labute approximate surface area is 114 Å². The lowest BCUT2D eigenvalue weighted by Gasteiger charge is -2.45. The zero-order valence-electron chi connectivity index (χ0n) is 13.1. The monoisotopic (exact) mass is 255 g/mol. The summed E-state index contributed by atoms with van der Waals surface area (Å²) >= 11 is 0. The summed E-state index contributed by atoms with van der Waals surface area (Å²) in [5.74, 6) is 1.50. The maximum Gasteiger partial charge on any atom is 0.0326 e. The normalized spacial score (nSPS) is 24.2. The van der Waals surface area contributed by atoms with Gasteiger partial charge in [-0.15, -0.1) is 0 Å². The summed E-state index contributed by atoms with van der Waals surface area (Å²) in [6.07, 6.45) is 3.87. The van der Waals surface area contributed by atoms with Crippen molar-refractivity contribution in [1.82, 2.24) is 9.80 Å². The lowest BCUT2D eigenvalue weighted by atomic mass is 9.82. The molecule has 0 radical (unpaired) electrons. The molecule has 2 atom stereocenters. The predicted molar refractivity (Wildman–Crippen MR) is 79.8 cm³/mol. The van der Waals surface area contributed by atoms with Crippen LogP contribution in [0.2, 0.25) is 0 Å². The minimum atomic E-state index is 0.151. The molecule has 0 spiro atoms. The first kappa shape index (κ1) is 15.9. The maximum atomic E-state index is 6.06. The van der Waals surface area contributed by atoms with Crippen LogP contribution in [0.25, 0.3) is 0 Å². The Kier molecular flexibility index (Phi) is 6.09. The predicted octanol–water partition coefficient (Wildman–Crippen LogP) is 2.02. The highest BCUT2D eigenvalue weighted by Crippen LogP contribution is 2.27. The Morgan fingerprint density at radius 3 is 2.39 bits per heavy atom. The standard InChI is InChI=1S/C15H33N3/c1-6-13(2)15(3,12-16)18(5)11-14-7-9-17(4)10-8-14/h13-14H,6-12,16H2,1-5H3. The number of nitrogens with zero attached hydrogens (tertiary/aromatic N) is 2. The number of likely N-dealkylation sites (N-methyl/N-ethyl adjacent to an activating group) is 1. The summed E-state index contributed by atoms with van der Waals surface area (Å²) in [6, 6.07) is 0. The zero-order chi connectivity index (χ0) is 13.8. The third-order valence-electron chi connectivity index (χ3n) is 5.33. The highest BCUT2D eigenvalue weighted by atomic mass is 15.2. The molecule has 1 aliphatic heterocycles. The average molecular weight is 255 g/mol. The maximum absolute atomic E-state index is 6.06. The van der Waals surface area contributed by atoms with Gasteiger partial charge < -0.3 is 10.6 Å². The second-order valence-electron chi connectivity index (χ2n) is 6.50. The smallest absolute Gasteiger partial charge is 0.0326 e. The molecule has 1 aliphatic rings. The van der Waals surface area contributed by atoms with Gasteiger partial charge in [-0.1, -0.05) is 20.3 Å². The van der Waals surface area contributed by atoms with Gasteiger partial charge in [0.2, 0.25) is 0 Å². The van der Waals surface area contributed by atoms with E-state index in [1.165, 1.54) is 38.9 Å². The number of likely N-dealkylation sites (tertiary alicyclic amines) is 1. The van der Waals surface area contributed by atoms with Gasteiger partial charge in [-0.2, -0.15) is 0 Å². The summed E-state index contributed by atoms with van der Waals surface area (Å²) < 4.78 is 0. The van der Waals surface area contributed by atoms with Gasteiger partial charge >= 0.3 is 0 Å². The average Bonchev–Trinajstić information content (AvgIpc) is 2.39. The zero-order valence-corrected chi connectivity index (χ0v) is 13.1. The van der Waals surface area contributed by atoms with Crippen LogP contribution in [0.4, 0.5) is 0 Å². The molecule has 2 unspecified atom stereocenters. The van der Waals surface area contributed by atoms with Crippen LogP contribution in [0.5, 0.6) is 0 Å². The van der Waals surface area contributed by atoms with Crippen molar-refractivity contribution in [2.45, 2.75) is 45.6 Å². The lowest BCUT2D eigenvalue weighted by Crippen LogP contribution is -2.55.